The van der Waals surface area contributed by atoms with Gasteiger partial charge in [0.25, 0.3) is 0 Å². The number of nitrogens with one attached hydrogen (secondary N) is 1. The predicted octanol–water partition coefficient (Wildman–Crippen LogP) is 2.75. The average molecular weight is 274 g/mol. The summed E-state index contributed by atoms with van der Waals surface area (Å²) in [7, 11) is 1.76. The summed E-state index contributed by atoms with van der Waals surface area (Å²) < 4.78 is 5.43. The number of nitrogens with zero attached hydrogens (tertiary/aromatic N) is 1. The van der Waals surface area contributed by atoms with E-state index in [9.17, 15) is 0 Å². The highest BCUT2D eigenvalue weighted by Crippen LogP contribution is 2.37. The van der Waals surface area contributed by atoms with Crippen LogP contribution in [0, 0.1) is 0 Å². The fourth-order valence-corrected chi connectivity index (χ4v) is 3.71. The Morgan fingerprint density at radius 1 is 1.30 bits per heavy atom. The van der Waals surface area contributed by atoms with Crippen molar-refractivity contribution in [3.8, 4) is 5.75 Å². The lowest BCUT2D eigenvalue weighted by Gasteiger charge is -2.44. The molecule has 3 heteroatoms. The summed E-state index contributed by atoms with van der Waals surface area (Å²) in [4.78, 5) is 2.69. The van der Waals surface area contributed by atoms with Crippen molar-refractivity contribution in [2.45, 2.75) is 51.2 Å². The van der Waals surface area contributed by atoms with Gasteiger partial charge >= 0.3 is 0 Å². The topological polar surface area (TPSA) is 24.5 Å². The van der Waals surface area contributed by atoms with Gasteiger partial charge in [0.05, 0.1) is 7.11 Å². The fraction of sp³-hybridized carbons (Fsp3) is 0.647. The highest BCUT2D eigenvalue weighted by Gasteiger charge is 2.32. The smallest absolute Gasteiger partial charge is 0.119 e. The third-order valence-electron chi connectivity index (χ3n) is 4.85. The Balaban J connectivity index is 1.91. The molecule has 0 saturated carbocycles. The molecule has 2 aliphatic rings. The highest BCUT2D eigenvalue weighted by molar-refractivity contribution is 5.39. The van der Waals surface area contributed by atoms with E-state index in [1.54, 1.807) is 7.11 Å². The lowest BCUT2D eigenvalue weighted by Crippen LogP contribution is -2.55. The van der Waals surface area contributed by atoms with Crippen molar-refractivity contribution in [3.63, 3.8) is 0 Å². The van der Waals surface area contributed by atoms with Gasteiger partial charge in [-0.2, -0.15) is 0 Å². The standard InChI is InChI=1S/C17H26N2O/c1-12-11-19(13(2)10-18-12)17-6-4-5-14-7-8-15(20-3)9-16(14)17/h7-9,12-13,17-18H,4-6,10-11H2,1-3H3. The summed E-state index contributed by atoms with van der Waals surface area (Å²) in [6, 6.07) is 8.38. The van der Waals surface area contributed by atoms with Crippen LogP contribution in [-0.4, -0.2) is 37.2 Å². The van der Waals surface area contributed by atoms with Crippen molar-refractivity contribution < 1.29 is 4.74 Å². The number of rotatable bonds is 2. The Morgan fingerprint density at radius 3 is 2.95 bits per heavy atom. The fourth-order valence-electron chi connectivity index (χ4n) is 3.71. The lowest BCUT2D eigenvalue weighted by atomic mass is 9.85. The Morgan fingerprint density at radius 2 is 2.15 bits per heavy atom. The summed E-state index contributed by atoms with van der Waals surface area (Å²) in [6.45, 7) is 6.86. The zero-order valence-electron chi connectivity index (χ0n) is 12.9. The first kappa shape index (κ1) is 13.9. The van der Waals surface area contributed by atoms with E-state index in [0.29, 0.717) is 18.1 Å². The molecular formula is C17H26N2O. The number of fused-ring (bicyclic) bond motifs is 1. The molecule has 110 valence electrons. The van der Waals surface area contributed by atoms with E-state index < -0.39 is 0 Å². The molecule has 1 heterocycles. The molecule has 1 aliphatic heterocycles. The molecule has 3 rings (SSSR count). The van der Waals surface area contributed by atoms with E-state index in [0.717, 1.165) is 18.8 Å². The molecule has 1 N–H and O–H groups in total. The number of ether oxygens (including phenoxy) is 1. The Labute approximate surface area is 122 Å². The normalized spacial score (nSPS) is 30.9. The molecule has 3 unspecified atom stereocenters. The molecule has 3 nitrogen and oxygen atoms in total. The molecule has 0 spiro atoms. The van der Waals surface area contributed by atoms with Gasteiger partial charge in [-0.1, -0.05) is 6.07 Å². The van der Waals surface area contributed by atoms with Crippen LogP contribution in [0.1, 0.15) is 43.9 Å². The number of hydrogen-bond acceptors (Lipinski definition) is 3. The summed E-state index contributed by atoms with van der Waals surface area (Å²) in [5.74, 6) is 0.992. The van der Waals surface area contributed by atoms with Crippen molar-refractivity contribution in [3.05, 3.63) is 29.3 Å². The molecule has 1 aromatic carbocycles. The second-order valence-electron chi connectivity index (χ2n) is 6.33. The van der Waals surface area contributed by atoms with Crippen molar-refractivity contribution in [2.24, 2.45) is 0 Å². The molecule has 1 aromatic rings. The minimum Gasteiger partial charge on any atom is -0.497 e. The second-order valence-corrected chi connectivity index (χ2v) is 6.33. The summed E-state index contributed by atoms with van der Waals surface area (Å²) in [6.07, 6.45) is 3.79. The molecule has 0 radical (unpaired) electrons. The molecule has 0 amide bonds. The maximum Gasteiger partial charge on any atom is 0.119 e. The van der Waals surface area contributed by atoms with Crippen molar-refractivity contribution in [2.75, 3.05) is 20.2 Å². The minimum absolute atomic E-state index is 0.563. The van der Waals surface area contributed by atoms with Crippen LogP contribution in [0.25, 0.3) is 0 Å². The van der Waals surface area contributed by atoms with E-state index in [4.69, 9.17) is 4.74 Å². The van der Waals surface area contributed by atoms with Crippen molar-refractivity contribution in [1.82, 2.24) is 10.2 Å². The van der Waals surface area contributed by atoms with Crippen LogP contribution in [0.5, 0.6) is 5.75 Å². The number of piperazine rings is 1. The molecule has 3 atom stereocenters. The van der Waals surface area contributed by atoms with E-state index in [1.807, 2.05) is 0 Å². The van der Waals surface area contributed by atoms with Crippen LogP contribution in [0.2, 0.25) is 0 Å². The first-order valence-electron chi connectivity index (χ1n) is 7.85. The molecule has 0 aromatic heterocycles. The highest BCUT2D eigenvalue weighted by atomic mass is 16.5. The third-order valence-corrected chi connectivity index (χ3v) is 4.85. The summed E-state index contributed by atoms with van der Waals surface area (Å²) in [5, 5.41) is 3.58. The largest absolute Gasteiger partial charge is 0.497 e. The van der Waals surface area contributed by atoms with Crippen LogP contribution in [0.3, 0.4) is 0 Å². The van der Waals surface area contributed by atoms with Crippen molar-refractivity contribution in [1.29, 1.82) is 0 Å². The van der Waals surface area contributed by atoms with Gasteiger partial charge in [0.2, 0.25) is 0 Å². The molecule has 0 bridgehead atoms. The van der Waals surface area contributed by atoms with Gasteiger partial charge < -0.3 is 10.1 Å². The maximum atomic E-state index is 5.43. The first-order chi connectivity index (χ1) is 9.69. The van der Waals surface area contributed by atoms with E-state index in [2.05, 4.69) is 42.3 Å². The summed E-state index contributed by atoms with van der Waals surface area (Å²) in [5.41, 5.74) is 3.01. The Bertz CT molecular complexity index is 474. The number of benzene rings is 1. The summed E-state index contributed by atoms with van der Waals surface area (Å²) >= 11 is 0. The lowest BCUT2D eigenvalue weighted by molar-refractivity contribution is 0.0847. The Kier molecular flexibility index (Phi) is 3.99. The molecule has 1 saturated heterocycles. The van der Waals surface area contributed by atoms with Crippen LogP contribution in [-0.2, 0) is 6.42 Å². The van der Waals surface area contributed by atoms with Crippen LogP contribution >= 0.6 is 0 Å². The van der Waals surface area contributed by atoms with Crippen LogP contribution < -0.4 is 10.1 Å². The average Bonchev–Trinajstić information content (AvgIpc) is 2.48. The SMILES string of the molecule is COc1ccc2c(c1)C(N1CC(C)NCC1C)CCC2. The van der Waals surface area contributed by atoms with Gasteiger partial charge in [-0.05, 0) is 56.4 Å². The number of methoxy groups -OCH3 is 1. The zero-order valence-corrected chi connectivity index (χ0v) is 12.9. The molecule has 20 heavy (non-hydrogen) atoms. The van der Waals surface area contributed by atoms with Gasteiger partial charge in [-0.15, -0.1) is 0 Å². The van der Waals surface area contributed by atoms with Crippen LogP contribution in [0.15, 0.2) is 18.2 Å². The zero-order chi connectivity index (χ0) is 14.1. The molecular weight excluding hydrogens is 248 g/mol. The van der Waals surface area contributed by atoms with Gasteiger partial charge in [0, 0.05) is 31.2 Å². The van der Waals surface area contributed by atoms with Gasteiger partial charge in [-0.3, -0.25) is 4.90 Å². The number of aryl methyl sites for hydroxylation is 1. The van der Waals surface area contributed by atoms with Gasteiger partial charge in [0.15, 0.2) is 0 Å². The maximum absolute atomic E-state index is 5.43. The predicted molar refractivity (Wildman–Crippen MR) is 82.3 cm³/mol. The monoisotopic (exact) mass is 274 g/mol. The molecule has 1 aliphatic carbocycles. The van der Waals surface area contributed by atoms with E-state index in [1.165, 1.54) is 30.4 Å². The van der Waals surface area contributed by atoms with Gasteiger partial charge in [0.1, 0.15) is 5.75 Å². The number of hydrogen-bond donors (Lipinski definition) is 1. The second kappa shape index (κ2) is 5.74. The third kappa shape index (κ3) is 2.57. The van der Waals surface area contributed by atoms with Gasteiger partial charge in [-0.25, -0.2) is 0 Å². The first-order valence-corrected chi connectivity index (χ1v) is 7.85. The van der Waals surface area contributed by atoms with Crippen LogP contribution in [0.4, 0.5) is 0 Å². The van der Waals surface area contributed by atoms with E-state index >= 15 is 0 Å². The van der Waals surface area contributed by atoms with E-state index in [-0.39, 0.29) is 0 Å². The Hall–Kier alpha value is -1.06. The van der Waals surface area contributed by atoms with Crippen molar-refractivity contribution >= 4 is 0 Å². The molecule has 1 fully saturated rings. The quantitative estimate of drug-likeness (QED) is 0.897. The minimum atomic E-state index is 0.563.